The molecular weight excluding hydrogens is 246 g/mol. The van der Waals surface area contributed by atoms with Crippen LogP contribution in [0.4, 0.5) is 0 Å². The second-order valence-corrected chi connectivity index (χ2v) is 4.76. The Labute approximate surface area is 111 Å². The molecule has 5 heteroatoms. The number of hydrogen-bond acceptors (Lipinski definition) is 3. The standard InChI is InChI=1S/C14H17NO4/c1-9-11(14(17)18)4-3-5-12(9)19-8-13(16)15(2)10-6-7-10/h3-5,10H,6-8H2,1-2H3,(H,17,18). The Hall–Kier alpha value is -2.04. The van der Waals surface area contributed by atoms with Crippen LogP contribution >= 0.6 is 0 Å². The van der Waals surface area contributed by atoms with Gasteiger partial charge >= 0.3 is 5.97 Å². The Balaban J connectivity index is 2.01. The van der Waals surface area contributed by atoms with Gasteiger partial charge in [0.2, 0.25) is 0 Å². The highest BCUT2D eigenvalue weighted by Gasteiger charge is 2.29. The number of carboxylic acid groups (broad SMARTS) is 1. The first-order valence-corrected chi connectivity index (χ1v) is 6.22. The lowest BCUT2D eigenvalue weighted by atomic mass is 10.1. The number of hydrogen-bond donors (Lipinski definition) is 1. The number of carbonyl (C=O) groups excluding carboxylic acids is 1. The summed E-state index contributed by atoms with van der Waals surface area (Å²) >= 11 is 0. The van der Waals surface area contributed by atoms with Crippen LogP contribution in [0.25, 0.3) is 0 Å². The Morgan fingerprint density at radius 1 is 1.42 bits per heavy atom. The first-order valence-electron chi connectivity index (χ1n) is 6.22. The van der Waals surface area contributed by atoms with Crippen molar-refractivity contribution < 1.29 is 19.4 Å². The van der Waals surface area contributed by atoms with Crippen molar-refractivity contribution in [1.82, 2.24) is 4.90 Å². The topological polar surface area (TPSA) is 66.8 Å². The number of aromatic carboxylic acids is 1. The molecule has 19 heavy (non-hydrogen) atoms. The van der Waals surface area contributed by atoms with Gasteiger partial charge in [-0.05, 0) is 31.9 Å². The molecule has 1 aromatic rings. The number of carbonyl (C=O) groups is 2. The number of amides is 1. The van der Waals surface area contributed by atoms with E-state index in [4.69, 9.17) is 9.84 Å². The average molecular weight is 263 g/mol. The third kappa shape index (κ3) is 3.05. The van der Waals surface area contributed by atoms with Gasteiger partial charge in [0.25, 0.3) is 5.91 Å². The summed E-state index contributed by atoms with van der Waals surface area (Å²) in [5.41, 5.74) is 0.734. The number of nitrogens with zero attached hydrogens (tertiary/aromatic N) is 1. The van der Waals surface area contributed by atoms with Gasteiger partial charge in [0.05, 0.1) is 5.56 Å². The van der Waals surface area contributed by atoms with Crippen molar-refractivity contribution in [3.05, 3.63) is 29.3 Å². The number of likely N-dealkylation sites (N-methyl/N-ethyl adjacent to an activating group) is 1. The molecule has 1 amide bonds. The van der Waals surface area contributed by atoms with Crippen molar-refractivity contribution >= 4 is 11.9 Å². The van der Waals surface area contributed by atoms with Gasteiger partial charge in [0, 0.05) is 18.7 Å². The first kappa shape index (κ1) is 13.4. The average Bonchev–Trinajstić information content (AvgIpc) is 3.20. The molecule has 102 valence electrons. The molecule has 1 N–H and O–H groups in total. The molecule has 1 saturated carbocycles. The van der Waals surface area contributed by atoms with Crippen molar-refractivity contribution in [2.75, 3.05) is 13.7 Å². The van der Waals surface area contributed by atoms with E-state index in [2.05, 4.69) is 0 Å². The zero-order valence-corrected chi connectivity index (χ0v) is 11.0. The number of benzene rings is 1. The van der Waals surface area contributed by atoms with Crippen molar-refractivity contribution in [3.8, 4) is 5.75 Å². The normalized spacial score (nSPS) is 14.0. The van der Waals surface area contributed by atoms with Gasteiger partial charge in [-0.25, -0.2) is 4.79 Å². The molecule has 1 aliphatic rings. The second kappa shape index (κ2) is 5.30. The van der Waals surface area contributed by atoms with Crippen LogP contribution in [0.2, 0.25) is 0 Å². The van der Waals surface area contributed by atoms with Gasteiger partial charge in [-0.2, -0.15) is 0 Å². The third-order valence-electron chi connectivity index (χ3n) is 3.35. The molecule has 1 aromatic carbocycles. The molecule has 0 saturated heterocycles. The Morgan fingerprint density at radius 3 is 2.68 bits per heavy atom. The van der Waals surface area contributed by atoms with Gasteiger partial charge in [-0.15, -0.1) is 0 Å². The molecule has 0 heterocycles. The predicted molar refractivity (Wildman–Crippen MR) is 69.4 cm³/mol. The minimum absolute atomic E-state index is 0.0586. The summed E-state index contributed by atoms with van der Waals surface area (Å²) in [7, 11) is 1.77. The van der Waals surface area contributed by atoms with Crippen LogP contribution in [-0.4, -0.2) is 41.6 Å². The Kier molecular flexibility index (Phi) is 3.74. The predicted octanol–water partition coefficient (Wildman–Crippen LogP) is 1.69. The van der Waals surface area contributed by atoms with E-state index in [9.17, 15) is 9.59 Å². The molecule has 0 aliphatic heterocycles. The first-order chi connectivity index (χ1) is 9.00. The molecule has 0 unspecified atom stereocenters. The smallest absolute Gasteiger partial charge is 0.336 e. The zero-order valence-electron chi connectivity index (χ0n) is 11.0. The SMILES string of the molecule is Cc1c(OCC(=O)N(C)C2CC2)cccc1C(=O)O. The molecule has 2 rings (SSSR count). The monoisotopic (exact) mass is 263 g/mol. The minimum Gasteiger partial charge on any atom is -0.483 e. The summed E-state index contributed by atoms with van der Waals surface area (Å²) in [6.07, 6.45) is 2.10. The molecule has 0 bridgehead atoms. The quantitative estimate of drug-likeness (QED) is 0.878. The van der Waals surface area contributed by atoms with E-state index in [0.29, 0.717) is 17.4 Å². The highest BCUT2D eigenvalue weighted by molar-refractivity contribution is 5.90. The number of ether oxygens (including phenoxy) is 1. The van der Waals surface area contributed by atoms with Crippen LogP contribution in [0, 0.1) is 6.92 Å². The zero-order chi connectivity index (χ0) is 14.0. The van der Waals surface area contributed by atoms with Crippen LogP contribution in [0.1, 0.15) is 28.8 Å². The van der Waals surface area contributed by atoms with Crippen molar-refractivity contribution in [2.24, 2.45) is 0 Å². The highest BCUT2D eigenvalue weighted by atomic mass is 16.5. The van der Waals surface area contributed by atoms with Gasteiger partial charge in [-0.3, -0.25) is 4.79 Å². The lowest BCUT2D eigenvalue weighted by Gasteiger charge is -2.17. The summed E-state index contributed by atoms with van der Waals surface area (Å²) in [6, 6.07) is 5.15. The largest absolute Gasteiger partial charge is 0.483 e. The van der Waals surface area contributed by atoms with Crippen LogP contribution < -0.4 is 4.74 Å². The van der Waals surface area contributed by atoms with E-state index in [1.807, 2.05) is 0 Å². The van der Waals surface area contributed by atoms with Gasteiger partial charge in [0.1, 0.15) is 5.75 Å². The van der Waals surface area contributed by atoms with Crippen molar-refractivity contribution in [1.29, 1.82) is 0 Å². The maximum absolute atomic E-state index is 11.8. The summed E-state index contributed by atoms with van der Waals surface area (Å²) < 4.78 is 5.43. The van der Waals surface area contributed by atoms with E-state index in [0.717, 1.165) is 12.8 Å². The van der Waals surface area contributed by atoms with E-state index < -0.39 is 5.97 Å². The minimum atomic E-state index is -0.996. The highest BCUT2D eigenvalue weighted by Crippen LogP contribution is 2.26. The molecule has 0 spiro atoms. The summed E-state index contributed by atoms with van der Waals surface area (Å²) in [5.74, 6) is -0.635. The molecule has 1 aliphatic carbocycles. The van der Waals surface area contributed by atoms with Crippen molar-refractivity contribution in [2.45, 2.75) is 25.8 Å². The Bertz CT molecular complexity index is 508. The summed E-state index contributed by atoms with van der Waals surface area (Å²) in [5, 5.41) is 9.01. The van der Waals surface area contributed by atoms with Crippen LogP contribution in [0.5, 0.6) is 5.75 Å². The maximum atomic E-state index is 11.8. The molecule has 5 nitrogen and oxygen atoms in total. The molecule has 1 fully saturated rings. The Morgan fingerprint density at radius 2 is 2.11 bits per heavy atom. The van der Waals surface area contributed by atoms with Crippen LogP contribution in [0.3, 0.4) is 0 Å². The fraction of sp³-hybridized carbons (Fsp3) is 0.429. The van der Waals surface area contributed by atoms with E-state index in [1.165, 1.54) is 6.07 Å². The lowest BCUT2D eigenvalue weighted by Crippen LogP contribution is -2.33. The van der Waals surface area contributed by atoms with E-state index in [-0.39, 0.29) is 18.1 Å². The van der Waals surface area contributed by atoms with E-state index >= 15 is 0 Å². The van der Waals surface area contributed by atoms with E-state index in [1.54, 1.807) is 31.0 Å². The molecule has 0 aromatic heterocycles. The van der Waals surface area contributed by atoms with Gasteiger partial charge < -0.3 is 14.7 Å². The molecule has 0 radical (unpaired) electrons. The van der Waals surface area contributed by atoms with Crippen LogP contribution in [-0.2, 0) is 4.79 Å². The lowest BCUT2D eigenvalue weighted by molar-refractivity contribution is -0.132. The summed E-state index contributed by atoms with van der Waals surface area (Å²) in [6.45, 7) is 1.62. The van der Waals surface area contributed by atoms with Crippen LogP contribution in [0.15, 0.2) is 18.2 Å². The third-order valence-corrected chi connectivity index (χ3v) is 3.35. The number of rotatable bonds is 5. The second-order valence-electron chi connectivity index (χ2n) is 4.76. The summed E-state index contributed by atoms with van der Waals surface area (Å²) in [4.78, 5) is 24.5. The fourth-order valence-electron chi connectivity index (χ4n) is 1.91. The number of carboxylic acids is 1. The van der Waals surface area contributed by atoms with Gasteiger partial charge in [0.15, 0.2) is 6.61 Å². The molecule has 0 atom stereocenters. The molecular formula is C14H17NO4. The van der Waals surface area contributed by atoms with Crippen molar-refractivity contribution in [3.63, 3.8) is 0 Å². The maximum Gasteiger partial charge on any atom is 0.336 e. The fourth-order valence-corrected chi connectivity index (χ4v) is 1.91. The van der Waals surface area contributed by atoms with Gasteiger partial charge in [-0.1, -0.05) is 6.07 Å².